The molecule has 4 rings (SSSR count). The molecule has 136 valence electrons. The van der Waals surface area contributed by atoms with E-state index in [1.165, 1.54) is 21.4 Å². The number of hydrogen-bond acceptors (Lipinski definition) is 6. The van der Waals surface area contributed by atoms with Gasteiger partial charge in [-0.1, -0.05) is 55.0 Å². The summed E-state index contributed by atoms with van der Waals surface area (Å²) < 4.78 is 7.32. The van der Waals surface area contributed by atoms with Gasteiger partial charge in [0.2, 0.25) is 10.1 Å². The lowest BCUT2D eigenvalue weighted by Crippen LogP contribution is -2.30. The number of aromatic nitrogens is 3. The van der Waals surface area contributed by atoms with E-state index < -0.39 is 0 Å². The van der Waals surface area contributed by atoms with Gasteiger partial charge in [0, 0.05) is 24.4 Å². The Kier molecular flexibility index (Phi) is 4.99. The highest BCUT2D eigenvalue weighted by Gasteiger charge is 2.24. The summed E-state index contributed by atoms with van der Waals surface area (Å²) in [6.45, 7) is 2.79. The molecule has 7 heteroatoms. The van der Waals surface area contributed by atoms with Crippen LogP contribution in [0.1, 0.15) is 43.5 Å². The summed E-state index contributed by atoms with van der Waals surface area (Å²) in [7, 11) is 0. The zero-order valence-corrected chi connectivity index (χ0v) is 15.5. The first-order chi connectivity index (χ1) is 12.7. The molecule has 3 heterocycles. The van der Waals surface area contributed by atoms with E-state index in [2.05, 4.69) is 34.5 Å². The average Bonchev–Trinajstić information content (AvgIpc) is 3.06. The molecule has 1 N–H and O–H groups in total. The summed E-state index contributed by atoms with van der Waals surface area (Å²) >= 11 is 1.43. The summed E-state index contributed by atoms with van der Waals surface area (Å²) in [6.07, 6.45) is 3.67. The molecule has 2 atom stereocenters. The van der Waals surface area contributed by atoms with Crippen LogP contribution in [0.2, 0.25) is 0 Å². The molecule has 2 unspecified atom stereocenters. The summed E-state index contributed by atoms with van der Waals surface area (Å²) in [6, 6.07) is 12.1. The smallest absolute Gasteiger partial charge is 0.275 e. The largest absolute Gasteiger partial charge is 0.373 e. The highest BCUT2D eigenvalue weighted by atomic mass is 32.1. The third-order valence-electron chi connectivity index (χ3n) is 4.59. The van der Waals surface area contributed by atoms with Crippen molar-refractivity contribution in [3.8, 4) is 0 Å². The highest BCUT2D eigenvalue weighted by Crippen LogP contribution is 2.30. The lowest BCUT2D eigenvalue weighted by atomic mass is 9.98. The number of nitrogens with one attached hydrogen (secondary N) is 1. The van der Waals surface area contributed by atoms with Gasteiger partial charge in [-0.25, -0.2) is 4.98 Å². The molecule has 0 aliphatic carbocycles. The van der Waals surface area contributed by atoms with Crippen LogP contribution < -0.4 is 10.9 Å². The van der Waals surface area contributed by atoms with E-state index in [4.69, 9.17) is 4.74 Å². The maximum atomic E-state index is 12.2. The van der Waals surface area contributed by atoms with Gasteiger partial charge in [-0.2, -0.15) is 4.52 Å². The van der Waals surface area contributed by atoms with Crippen molar-refractivity contribution in [3.05, 3.63) is 58.0 Å². The Morgan fingerprint density at radius 3 is 3.00 bits per heavy atom. The third kappa shape index (κ3) is 3.64. The highest BCUT2D eigenvalue weighted by molar-refractivity contribution is 7.20. The van der Waals surface area contributed by atoms with Gasteiger partial charge in [-0.3, -0.25) is 4.79 Å². The zero-order chi connectivity index (χ0) is 17.9. The first kappa shape index (κ1) is 17.2. The van der Waals surface area contributed by atoms with Crippen LogP contribution in [0.25, 0.3) is 4.96 Å². The van der Waals surface area contributed by atoms with Gasteiger partial charge in [0.15, 0.2) is 0 Å². The first-order valence-electron chi connectivity index (χ1n) is 9.06. The van der Waals surface area contributed by atoms with Crippen LogP contribution in [0.3, 0.4) is 0 Å². The van der Waals surface area contributed by atoms with E-state index in [0.29, 0.717) is 11.6 Å². The maximum absolute atomic E-state index is 12.2. The fourth-order valence-electron chi connectivity index (χ4n) is 3.30. The average molecular weight is 370 g/mol. The minimum atomic E-state index is -0.114. The molecule has 6 nitrogen and oxygen atoms in total. The standard InChI is InChI=1S/C19H22N4O2S/c1-2-6-14-12-17(24)23-19(21-14)26-18(22-23)20-15-9-10-25-16(11-15)13-7-4-3-5-8-13/h3-5,7-8,12,15-16H,2,6,9-11H2,1H3,(H,20,22). The van der Waals surface area contributed by atoms with Crippen molar-refractivity contribution in [1.82, 2.24) is 14.6 Å². The van der Waals surface area contributed by atoms with Crippen LogP contribution >= 0.6 is 11.3 Å². The van der Waals surface area contributed by atoms with Crippen molar-refractivity contribution in [2.45, 2.75) is 44.8 Å². The van der Waals surface area contributed by atoms with E-state index in [-0.39, 0.29) is 17.7 Å². The van der Waals surface area contributed by atoms with Crippen molar-refractivity contribution < 1.29 is 4.74 Å². The Morgan fingerprint density at radius 2 is 2.19 bits per heavy atom. The quantitative estimate of drug-likeness (QED) is 0.745. The van der Waals surface area contributed by atoms with Gasteiger partial charge in [0.05, 0.1) is 6.10 Å². The molecule has 1 aliphatic heterocycles. The van der Waals surface area contributed by atoms with Crippen LogP contribution in [-0.4, -0.2) is 27.2 Å². The molecular formula is C19H22N4O2S. The van der Waals surface area contributed by atoms with Crippen molar-refractivity contribution >= 4 is 21.4 Å². The predicted molar refractivity (Wildman–Crippen MR) is 103 cm³/mol. The number of fused-ring (bicyclic) bond motifs is 1. The Hall–Kier alpha value is -2.25. The molecule has 0 saturated carbocycles. The van der Waals surface area contributed by atoms with Gasteiger partial charge in [0.1, 0.15) is 0 Å². The fraction of sp³-hybridized carbons (Fsp3) is 0.421. The minimum absolute atomic E-state index is 0.0915. The lowest BCUT2D eigenvalue weighted by molar-refractivity contribution is 0.00978. The normalized spacial score (nSPS) is 20.3. The second kappa shape index (κ2) is 7.55. The molecule has 0 amide bonds. The summed E-state index contributed by atoms with van der Waals surface area (Å²) in [4.78, 5) is 17.4. The number of nitrogens with zero attached hydrogens (tertiary/aromatic N) is 3. The van der Waals surface area contributed by atoms with Crippen molar-refractivity contribution in [2.75, 3.05) is 11.9 Å². The van der Waals surface area contributed by atoms with Gasteiger partial charge in [-0.05, 0) is 24.8 Å². The Labute approximate surface area is 155 Å². The summed E-state index contributed by atoms with van der Waals surface area (Å²) in [5, 5.41) is 8.63. The SMILES string of the molecule is CCCc1cc(=O)n2nc(NC3CCOC(c4ccccc4)C3)sc2n1. The molecule has 1 aliphatic rings. The number of rotatable bonds is 5. The van der Waals surface area contributed by atoms with Gasteiger partial charge < -0.3 is 10.1 Å². The van der Waals surface area contributed by atoms with Crippen molar-refractivity contribution in [3.63, 3.8) is 0 Å². The second-order valence-electron chi connectivity index (χ2n) is 6.57. The van der Waals surface area contributed by atoms with E-state index in [0.717, 1.165) is 36.5 Å². The molecule has 0 radical (unpaired) electrons. The monoisotopic (exact) mass is 370 g/mol. The van der Waals surface area contributed by atoms with Crippen LogP contribution in [0.4, 0.5) is 5.13 Å². The summed E-state index contributed by atoms with van der Waals surface area (Å²) in [5.74, 6) is 0. The Bertz CT molecular complexity index is 938. The molecule has 3 aromatic rings. The summed E-state index contributed by atoms with van der Waals surface area (Å²) in [5.41, 5.74) is 1.92. The van der Waals surface area contributed by atoms with E-state index in [1.807, 2.05) is 18.2 Å². The number of benzene rings is 1. The minimum Gasteiger partial charge on any atom is -0.373 e. The lowest BCUT2D eigenvalue weighted by Gasteiger charge is -2.30. The predicted octanol–water partition coefficient (Wildman–Crippen LogP) is 3.44. The number of ether oxygens (including phenoxy) is 1. The molecule has 26 heavy (non-hydrogen) atoms. The fourth-order valence-corrected chi connectivity index (χ4v) is 4.20. The topological polar surface area (TPSA) is 68.5 Å². The first-order valence-corrected chi connectivity index (χ1v) is 9.87. The van der Waals surface area contributed by atoms with Crippen LogP contribution in [-0.2, 0) is 11.2 Å². The Morgan fingerprint density at radius 1 is 1.35 bits per heavy atom. The molecule has 0 spiro atoms. The number of aryl methyl sites for hydroxylation is 1. The van der Waals surface area contributed by atoms with Gasteiger partial charge in [-0.15, -0.1) is 5.10 Å². The van der Waals surface area contributed by atoms with Crippen molar-refractivity contribution in [2.24, 2.45) is 0 Å². The molecule has 1 aromatic carbocycles. The van der Waals surface area contributed by atoms with E-state index in [9.17, 15) is 4.79 Å². The van der Waals surface area contributed by atoms with Crippen LogP contribution in [0.15, 0.2) is 41.2 Å². The maximum Gasteiger partial charge on any atom is 0.275 e. The second-order valence-corrected chi connectivity index (χ2v) is 7.53. The molecule has 1 fully saturated rings. The molecular weight excluding hydrogens is 348 g/mol. The Balaban J connectivity index is 1.51. The van der Waals surface area contributed by atoms with Gasteiger partial charge >= 0.3 is 0 Å². The van der Waals surface area contributed by atoms with Gasteiger partial charge in [0.25, 0.3) is 5.56 Å². The molecule has 2 aromatic heterocycles. The zero-order valence-electron chi connectivity index (χ0n) is 14.7. The van der Waals surface area contributed by atoms with Crippen LogP contribution in [0, 0.1) is 0 Å². The van der Waals surface area contributed by atoms with Crippen LogP contribution in [0.5, 0.6) is 0 Å². The number of anilines is 1. The van der Waals surface area contributed by atoms with E-state index in [1.54, 1.807) is 6.07 Å². The molecule has 0 bridgehead atoms. The third-order valence-corrected chi connectivity index (χ3v) is 5.43. The number of hydrogen-bond donors (Lipinski definition) is 1. The molecule has 1 saturated heterocycles. The van der Waals surface area contributed by atoms with Crippen molar-refractivity contribution in [1.29, 1.82) is 0 Å². The van der Waals surface area contributed by atoms with E-state index >= 15 is 0 Å².